The summed E-state index contributed by atoms with van der Waals surface area (Å²) in [5.41, 5.74) is 0.598. The molecule has 2 saturated heterocycles. The highest BCUT2D eigenvalue weighted by Crippen LogP contribution is 2.22. The van der Waals surface area contributed by atoms with Gasteiger partial charge in [-0.2, -0.15) is 0 Å². The third kappa shape index (κ3) is 2.84. The van der Waals surface area contributed by atoms with Crippen molar-refractivity contribution in [1.29, 1.82) is 0 Å². The minimum Gasteiger partial charge on any atom is -0.453 e. The molecule has 1 aromatic rings. The molecule has 0 aromatic carbocycles. The fourth-order valence-electron chi connectivity index (χ4n) is 2.87. The Morgan fingerprint density at radius 2 is 2.05 bits per heavy atom. The molecular formula is C15H20N4O3. The second-order valence-corrected chi connectivity index (χ2v) is 5.61. The molecule has 1 N–H and O–H groups in total. The maximum absolute atomic E-state index is 12.5. The van der Waals surface area contributed by atoms with Crippen LogP contribution in [0, 0.1) is 0 Å². The minimum absolute atomic E-state index is 0.0294. The third-order valence-electron chi connectivity index (χ3n) is 4.09. The first-order valence-electron chi connectivity index (χ1n) is 7.53. The summed E-state index contributed by atoms with van der Waals surface area (Å²) in [5.74, 6) is 0.617. The number of likely N-dealkylation sites (tertiary alicyclic amines) is 1. The lowest BCUT2D eigenvalue weighted by molar-refractivity contribution is 0.0698. The highest BCUT2D eigenvalue weighted by molar-refractivity contribution is 5.99. The summed E-state index contributed by atoms with van der Waals surface area (Å²) in [6.07, 6.45) is 3.62. The Hall–Kier alpha value is -2.31. The number of nitrogens with zero attached hydrogens (tertiary/aromatic N) is 3. The van der Waals surface area contributed by atoms with Gasteiger partial charge in [0.2, 0.25) is 0 Å². The van der Waals surface area contributed by atoms with Gasteiger partial charge in [-0.05, 0) is 25.0 Å². The number of rotatable bonds is 3. The summed E-state index contributed by atoms with van der Waals surface area (Å²) in [4.78, 5) is 31.8. The number of amides is 2. The quantitative estimate of drug-likeness (QED) is 0.896. The zero-order valence-corrected chi connectivity index (χ0v) is 12.6. The predicted octanol–water partition coefficient (Wildman–Crippen LogP) is 0.862. The number of methoxy groups -OCH3 is 1. The van der Waals surface area contributed by atoms with Crippen molar-refractivity contribution >= 4 is 17.8 Å². The SMILES string of the molecule is COC(=O)N1CC(NC(=O)c2cccnc2N2CCCC2)C1. The number of ether oxygens (including phenoxy) is 1. The molecule has 0 spiro atoms. The van der Waals surface area contributed by atoms with E-state index in [0.29, 0.717) is 18.7 Å². The summed E-state index contributed by atoms with van der Waals surface area (Å²) >= 11 is 0. The van der Waals surface area contributed by atoms with Crippen LogP contribution < -0.4 is 10.2 Å². The molecule has 2 aliphatic heterocycles. The molecule has 2 amide bonds. The summed E-state index contributed by atoms with van der Waals surface area (Å²) < 4.78 is 4.64. The monoisotopic (exact) mass is 304 g/mol. The first-order valence-corrected chi connectivity index (χ1v) is 7.53. The van der Waals surface area contributed by atoms with Crippen molar-refractivity contribution < 1.29 is 14.3 Å². The van der Waals surface area contributed by atoms with Crippen molar-refractivity contribution in [2.75, 3.05) is 38.2 Å². The number of hydrogen-bond donors (Lipinski definition) is 1. The van der Waals surface area contributed by atoms with Gasteiger partial charge in [0.15, 0.2) is 0 Å². The van der Waals surface area contributed by atoms with Crippen LogP contribution in [0.5, 0.6) is 0 Å². The number of anilines is 1. The lowest BCUT2D eigenvalue weighted by Gasteiger charge is -2.38. The van der Waals surface area contributed by atoms with Crippen molar-refractivity contribution in [3.63, 3.8) is 0 Å². The summed E-state index contributed by atoms with van der Waals surface area (Å²) in [5, 5.41) is 2.95. The maximum atomic E-state index is 12.5. The molecule has 118 valence electrons. The lowest BCUT2D eigenvalue weighted by atomic mass is 10.1. The Kier molecular flexibility index (Phi) is 4.13. The van der Waals surface area contributed by atoms with E-state index in [2.05, 4.69) is 19.9 Å². The van der Waals surface area contributed by atoms with Crippen LogP contribution in [0.3, 0.4) is 0 Å². The largest absolute Gasteiger partial charge is 0.453 e. The van der Waals surface area contributed by atoms with Crippen LogP contribution in [-0.2, 0) is 4.74 Å². The average molecular weight is 304 g/mol. The Balaban J connectivity index is 1.62. The van der Waals surface area contributed by atoms with E-state index in [9.17, 15) is 9.59 Å². The van der Waals surface area contributed by atoms with Crippen LogP contribution in [0.4, 0.5) is 10.6 Å². The second kappa shape index (κ2) is 6.21. The van der Waals surface area contributed by atoms with Gasteiger partial charge in [0, 0.05) is 32.4 Å². The van der Waals surface area contributed by atoms with E-state index >= 15 is 0 Å². The Morgan fingerprint density at radius 3 is 2.73 bits per heavy atom. The summed E-state index contributed by atoms with van der Waals surface area (Å²) in [6.45, 7) is 2.85. The number of hydrogen-bond acceptors (Lipinski definition) is 5. The molecule has 3 heterocycles. The number of carbonyl (C=O) groups is 2. The maximum Gasteiger partial charge on any atom is 0.409 e. The van der Waals surface area contributed by atoms with E-state index in [1.54, 1.807) is 23.2 Å². The fourth-order valence-corrected chi connectivity index (χ4v) is 2.87. The number of carbonyl (C=O) groups excluding carboxylic acids is 2. The van der Waals surface area contributed by atoms with Gasteiger partial charge in [-0.25, -0.2) is 9.78 Å². The van der Waals surface area contributed by atoms with Gasteiger partial charge in [0.25, 0.3) is 5.91 Å². The van der Waals surface area contributed by atoms with Crippen molar-refractivity contribution in [2.24, 2.45) is 0 Å². The van der Waals surface area contributed by atoms with Gasteiger partial charge in [-0.3, -0.25) is 4.79 Å². The molecule has 2 fully saturated rings. The molecule has 22 heavy (non-hydrogen) atoms. The lowest BCUT2D eigenvalue weighted by Crippen LogP contribution is -2.61. The molecular weight excluding hydrogens is 284 g/mol. The first kappa shape index (κ1) is 14.6. The van der Waals surface area contributed by atoms with Crippen molar-refractivity contribution in [2.45, 2.75) is 18.9 Å². The smallest absolute Gasteiger partial charge is 0.409 e. The number of nitrogens with one attached hydrogen (secondary N) is 1. The van der Waals surface area contributed by atoms with Gasteiger partial charge in [0.05, 0.1) is 18.7 Å². The van der Waals surface area contributed by atoms with Gasteiger partial charge in [0.1, 0.15) is 5.82 Å². The van der Waals surface area contributed by atoms with Crippen molar-refractivity contribution in [3.05, 3.63) is 23.9 Å². The van der Waals surface area contributed by atoms with Crippen molar-refractivity contribution in [3.8, 4) is 0 Å². The van der Waals surface area contributed by atoms with Gasteiger partial charge in [-0.15, -0.1) is 0 Å². The van der Waals surface area contributed by atoms with Crippen LogP contribution >= 0.6 is 0 Å². The topological polar surface area (TPSA) is 74.8 Å². The predicted molar refractivity (Wildman–Crippen MR) is 80.9 cm³/mol. The summed E-state index contributed by atoms with van der Waals surface area (Å²) in [7, 11) is 1.35. The molecule has 0 aliphatic carbocycles. The zero-order valence-electron chi connectivity index (χ0n) is 12.6. The highest BCUT2D eigenvalue weighted by Gasteiger charge is 2.33. The molecule has 3 rings (SSSR count). The van der Waals surface area contributed by atoms with E-state index in [0.717, 1.165) is 31.7 Å². The molecule has 7 heteroatoms. The van der Waals surface area contributed by atoms with E-state index in [1.165, 1.54) is 7.11 Å². The normalized spacial score (nSPS) is 18.0. The van der Waals surface area contributed by atoms with E-state index in [4.69, 9.17) is 0 Å². The van der Waals surface area contributed by atoms with Crippen molar-refractivity contribution in [1.82, 2.24) is 15.2 Å². The average Bonchev–Trinajstić information content (AvgIpc) is 3.03. The van der Waals surface area contributed by atoms with Gasteiger partial charge in [-0.1, -0.05) is 0 Å². The number of aromatic nitrogens is 1. The van der Waals surface area contributed by atoms with E-state index in [-0.39, 0.29) is 18.0 Å². The zero-order chi connectivity index (χ0) is 15.5. The number of pyridine rings is 1. The standard InChI is InChI=1S/C15H20N4O3/c1-22-15(21)19-9-11(10-19)17-14(20)12-5-4-6-16-13(12)18-7-2-3-8-18/h4-6,11H,2-3,7-10H2,1H3,(H,17,20). The second-order valence-electron chi connectivity index (χ2n) is 5.61. The van der Waals surface area contributed by atoms with Gasteiger partial charge < -0.3 is 19.9 Å². The van der Waals surface area contributed by atoms with E-state index < -0.39 is 0 Å². The van der Waals surface area contributed by atoms with Crippen LogP contribution in [0.1, 0.15) is 23.2 Å². The molecule has 0 bridgehead atoms. The highest BCUT2D eigenvalue weighted by atomic mass is 16.5. The Morgan fingerprint density at radius 1 is 1.32 bits per heavy atom. The molecule has 1 aromatic heterocycles. The van der Waals surface area contributed by atoms with Crippen LogP contribution in [-0.4, -0.2) is 61.2 Å². The van der Waals surface area contributed by atoms with Crippen LogP contribution in [0.25, 0.3) is 0 Å². The van der Waals surface area contributed by atoms with E-state index in [1.807, 2.05) is 0 Å². The fraction of sp³-hybridized carbons (Fsp3) is 0.533. The Bertz CT molecular complexity index is 566. The molecule has 0 unspecified atom stereocenters. The van der Waals surface area contributed by atoms with Crippen LogP contribution in [0.15, 0.2) is 18.3 Å². The molecule has 2 aliphatic rings. The molecule has 7 nitrogen and oxygen atoms in total. The molecule has 0 atom stereocenters. The summed E-state index contributed by atoms with van der Waals surface area (Å²) in [6, 6.07) is 3.54. The molecule has 0 saturated carbocycles. The first-order chi connectivity index (χ1) is 10.7. The Labute approximate surface area is 129 Å². The van der Waals surface area contributed by atoms with Gasteiger partial charge >= 0.3 is 6.09 Å². The van der Waals surface area contributed by atoms with Crippen LogP contribution in [0.2, 0.25) is 0 Å². The molecule has 0 radical (unpaired) electrons. The minimum atomic E-state index is -0.357. The third-order valence-corrected chi connectivity index (χ3v) is 4.09.